The van der Waals surface area contributed by atoms with Crippen molar-refractivity contribution < 1.29 is 19.2 Å². The molecule has 0 aliphatic rings. The number of rotatable bonds is 10. The number of benzene rings is 1. The van der Waals surface area contributed by atoms with E-state index in [-0.39, 0.29) is 24.6 Å². The smallest absolute Gasteiger partial charge is 0.309 e. The summed E-state index contributed by atoms with van der Waals surface area (Å²) in [6.45, 7) is 7.05. The van der Waals surface area contributed by atoms with E-state index in [4.69, 9.17) is 9.47 Å². The summed E-state index contributed by atoms with van der Waals surface area (Å²) in [6.07, 6.45) is 1.51. The molecule has 1 amide bonds. The van der Waals surface area contributed by atoms with Crippen LogP contribution in [0.5, 0.6) is 11.5 Å². The van der Waals surface area contributed by atoms with Gasteiger partial charge in [0.25, 0.3) is 0 Å². The van der Waals surface area contributed by atoms with Gasteiger partial charge in [-0.15, -0.1) is 0 Å². The first-order valence-corrected chi connectivity index (χ1v) is 8.78. The summed E-state index contributed by atoms with van der Waals surface area (Å²) < 4.78 is 12.5. The maximum atomic E-state index is 12.1. The number of amides is 1. The molecule has 0 radical (unpaired) electrons. The van der Waals surface area contributed by atoms with Crippen LogP contribution < -0.4 is 14.8 Å². The zero-order chi connectivity index (χ0) is 19.8. The molecular weight excluding hydrogens is 352 g/mol. The second-order valence-corrected chi connectivity index (χ2v) is 5.79. The Morgan fingerprint density at radius 3 is 2.59 bits per heavy atom. The Kier molecular flexibility index (Phi) is 7.16. The van der Waals surface area contributed by atoms with Crippen LogP contribution in [0.3, 0.4) is 0 Å². The fourth-order valence-corrected chi connectivity index (χ4v) is 2.51. The highest BCUT2D eigenvalue weighted by Crippen LogP contribution is 2.28. The van der Waals surface area contributed by atoms with Gasteiger partial charge in [0.05, 0.1) is 18.1 Å². The Bertz CT molecular complexity index is 803. The number of hydrogen-bond acceptors (Lipinski definition) is 6. The van der Waals surface area contributed by atoms with Gasteiger partial charge in [0.2, 0.25) is 5.91 Å². The number of ether oxygens (including phenoxy) is 2. The molecule has 27 heavy (non-hydrogen) atoms. The maximum absolute atomic E-state index is 12.1. The number of nitrogens with zero attached hydrogens (tertiary/aromatic N) is 3. The monoisotopic (exact) mass is 376 g/mol. The van der Waals surface area contributed by atoms with Crippen molar-refractivity contribution >= 4 is 11.6 Å². The lowest BCUT2D eigenvalue weighted by molar-refractivity contribution is -0.385. The number of carbonyl (C=O) groups is 1. The van der Waals surface area contributed by atoms with Crippen LogP contribution in [-0.4, -0.2) is 33.8 Å². The van der Waals surface area contributed by atoms with Gasteiger partial charge >= 0.3 is 5.69 Å². The lowest BCUT2D eigenvalue weighted by Gasteiger charge is -2.13. The van der Waals surface area contributed by atoms with E-state index in [2.05, 4.69) is 10.4 Å². The van der Waals surface area contributed by atoms with Crippen molar-refractivity contribution in [3.8, 4) is 11.5 Å². The summed E-state index contributed by atoms with van der Waals surface area (Å²) >= 11 is 0. The third-order valence-electron chi connectivity index (χ3n) is 3.78. The van der Waals surface area contributed by atoms with Crippen LogP contribution in [0.25, 0.3) is 0 Å². The van der Waals surface area contributed by atoms with Crippen LogP contribution >= 0.6 is 0 Å². The Morgan fingerprint density at radius 1 is 1.26 bits per heavy atom. The summed E-state index contributed by atoms with van der Waals surface area (Å²) in [6, 6.07) is 5.53. The van der Waals surface area contributed by atoms with Gasteiger partial charge in [-0.05, 0) is 38.5 Å². The van der Waals surface area contributed by atoms with Crippen LogP contribution in [-0.2, 0) is 17.9 Å². The molecule has 1 aromatic heterocycles. The van der Waals surface area contributed by atoms with Crippen LogP contribution in [0, 0.1) is 17.0 Å². The summed E-state index contributed by atoms with van der Waals surface area (Å²) in [4.78, 5) is 22.4. The van der Waals surface area contributed by atoms with E-state index in [1.807, 2.05) is 32.0 Å². The van der Waals surface area contributed by atoms with Gasteiger partial charge in [-0.1, -0.05) is 6.07 Å². The standard InChI is InChI=1S/C18H24N4O5/c1-4-26-16-7-6-14(10-17(16)27-5-2)11-19-18(23)8-9-21-12-15(22(24)25)13(3)20-21/h6-7,10,12H,4-5,8-9,11H2,1-3H3,(H,19,23). The van der Waals surface area contributed by atoms with Crippen molar-refractivity contribution in [1.29, 1.82) is 0 Å². The molecule has 0 bridgehead atoms. The molecule has 2 rings (SSSR count). The second kappa shape index (κ2) is 9.56. The first kappa shape index (κ1) is 20.2. The fraction of sp³-hybridized carbons (Fsp3) is 0.444. The van der Waals surface area contributed by atoms with Crippen molar-refractivity contribution in [2.75, 3.05) is 13.2 Å². The minimum atomic E-state index is -0.485. The van der Waals surface area contributed by atoms with Crippen LogP contribution in [0.1, 0.15) is 31.5 Å². The average Bonchev–Trinajstić information content (AvgIpc) is 3.01. The van der Waals surface area contributed by atoms with E-state index in [9.17, 15) is 14.9 Å². The number of nitro groups is 1. The van der Waals surface area contributed by atoms with E-state index in [0.29, 0.717) is 37.0 Å². The average molecular weight is 376 g/mol. The van der Waals surface area contributed by atoms with Gasteiger partial charge in [-0.2, -0.15) is 5.10 Å². The van der Waals surface area contributed by atoms with Crippen molar-refractivity contribution in [2.45, 2.75) is 40.3 Å². The van der Waals surface area contributed by atoms with Gasteiger partial charge in [0.15, 0.2) is 11.5 Å². The van der Waals surface area contributed by atoms with E-state index in [1.165, 1.54) is 10.9 Å². The minimum Gasteiger partial charge on any atom is -0.490 e. The van der Waals surface area contributed by atoms with Gasteiger partial charge in [0.1, 0.15) is 11.9 Å². The molecule has 1 N–H and O–H groups in total. The number of aryl methyl sites for hydroxylation is 2. The normalized spacial score (nSPS) is 10.5. The molecule has 1 heterocycles. The molecule has 0 spiro atoms. The molecule has 2 aromatic rings. The van der Waals surface area contributed by atoms with E-state index in [0.717, 1.165) is 5.56 Å². The van der Waals surface area contributed by atoms with E-state index >= 15 is 0 Å². The van der Waals surface area contributed by atoms with Gasteiger partial charge in [-0.3, -0.25) is 19.6 Å². The summed E-state index contributed by atoms with van der Waals surface area (Å²) in [5, 5.41) is 17.7. The minimum absolute atomic E-state index is 0.0479. The van der Waals surface area contributed by atoms with Gasteiger partial charge < -0.3 is 14.8 Å². The van der Waals surface area contributed by atoms with Crippen molar-refractivity contribution in [2.24, 2.45) is 0 Å². The molecule has 1 aromatic carbocycles. The van der Waals surface area contributed by atoms with Gasteiger partial charge in [0, 0.05) is 19.5 Å². The molecule has 0 aliphatic heterocycles. The molecule has 0 saturated heterocycles. The van der Waals surface area contributed by atoms with Gasteiger partial charge in [-0.25, -0.2) is 0 Å². The summed E-state index contributed by atoms with van der Waals surface area (Å²) in [5.74, 6) is 1.15. The van der Waals surface area contributed by atoms with Crippen molar-refractivity contribution in [3.63, 3.8) is 0 Å². The predicted octanol–water partition coefficient (Wildman–Crippen LogP) is 2.60. The summed E-state index contributed by atoms with van der Waals surface area (Å²) in [5.41, 5.74) is 1.17. The Labute approximate surface area is 157 Å². The Balaban J connectivity index is 1.88. The third-order valence-corrected chi connectivity index (χ3v) is 3.78. The zero-order valence-corrected chi connectivity index (χ0v) is 15.7. The molecule has 0 fully saturated rings. The van der Waals surface area contributed by atoms with Crippen LogP contribution in [0.15, 0.2) is 24.4 Å². The van der Waals surface area contributed by atoms with Crippen molar-refractivity contribution in [3.05, 3.63) is 45.8 Å². The number of hydrogen-bond donors (Lipinski definition) is 1. The number of aromatic nitrogens is 2. The molecule has 9 nitrogen and oxygen atoms in total. The predicted molar refractivity (Wildman–Crippen MR) is 98.9 cm³/mol. The fourth-order valence-electron chi connectivity index (χ4n) is 2.51. The van der Waals surface area contributed by atoms with E-state index in [1.54, 1.807) is 6.92 Å². The first-order valence-electron chi connectivity index (χ1n) is 8.78. The first-order chi connectivity index (χ1) is 12.9. The lowest BCUT2D eigenvalue weighted by Crippen LogP contribution is -2.24. The third kappa shape index (κ3) is 5.70. The summed E-state index contributed by atoms with van der Waals surface area (Å²) in [7, 11) is 0. The lowest BCUT2D eigenvalue weighted by atomic mass is 10.2. The highest BCUT2D eigenvalue weighted by atomic mass is 16.6. The topological polar surface area (TPSA) is 109 Å². The second-order valence-electron chi connectivity index (χ2n) is 5.79. The molecule has 0 saturated carbocycles. The highest BCUT2D eigenvalue weighted by Gasteiger charge is 2.15. The van der Waals surface area contributed by atoms with Crippen LogP contribution in [0.2, 0.25) is 0 Å². The molecule has 146 valence electrons. The highest BCUT2D eigenvalue weighted by molar-refractivity contribution is 5.75. The number of carbonyl (C=O) groups excluding carboxylic acids is 1. The number of nitrogens with one attached hydrogen (secondary N) is 1. The largest absolute Gasteiger partial charge is 0.490 e. The maximum Gasteiger partial charge on any atom is 0.309 e. The zero-order valence-electron chi connectivity index (χ0n) is 15.7. The SMILES string of the molecule is CCOc1ccc(CNC(=O)CCn2cc([N+](=O)[O-])c(C)n2)cc1OCC. The Morgan fingerprint density at radius 2 is 1.96 bits per heavy atom. The van der Waals surface area contributed by atoms with Crippen molar-refractivity contribution in [1.82, 2.24) is 15.1 Å². The quantitative estimate of drug-likeness (QED) is 0.504. The van der Waals surface area contributed by atoms with E-state index < -0.39 is 4.92 Å². The molecule has 0 aliphatic carbocycles. The Hall–Kier alpha value is -3.10. The van der Waals surface area contributed by atoms with Crippen LogP contribution in [0.4, 0.5) is 5.69 Å². The molecule has 0 unspecified atom stereocenters. The molecular formula is C18H24N4O5. The molecule has 9 heteroatoms. The molecule has 0 atom stereocenters.